The third-order valence-electron chi connectivity index (χ3n) is 3.34. The number of fused-ring (bicyclic) bond motifs is 1. The van der Waals surface area contributed by atoms with Gasteiger partial charge in [0.25, 0.3) is 5.91 Å². The van der Waals surface area contributed by atoms with E-state index in [-0.39, 0.29) is 5.91 Å². The highest BCUT2D eigenvalue weighted by molar-refractivity contribution is 7.18. The fraction of sp³-hybridized carbons (Fsp3) is 0.158. The predicted molar refractivity (Wildman–Crippen MR) is 97.7 cm³/mol. The van der Waals surface area contributed by atoms with Crippen molar-refractivity contribution in [1.29, 1.82) is 0 Å². The molecular weight excluding hydrogens is 320 g/mol. The lowest BCUT2D eigenvalue weighted by molar-refractivity contribution is 0.102. The fourth-order valence-electron chi connectivity index (χ4n) is 2.24. The molecule has 3 aromatic rings. The lowest BCUT2D eigenvalue weighted by Crippen LogP contribution is -2.11. The maximum absolute atomic E-state index is 12.4. The van der Waals surface area contributed by atoms with E-state index < -0.39 is 0 Å². The molecule has 0 spiro atoms. The smallest absolute Gasteiger partial charge is 0.255 e. The molecule has 2 aromatic carbocycles. The summed E-state index contributed by atoms with van der Waals surface area (Å²) in [6.45, 7) is 4.05. The number of nitrogens with one attached hydrogen (secondary N) is 1. The Morgan fingerprint density at radius 2 is 2.17 bits per heavy atom. The predicted octanol–water partition coefficient (Wildman–Crippen LogP) is 4.26. The van der Waals surface area contributed by atoms with E-state index in [9.17, 15) is 4.79 Å². The minimum absolute atomic E-state index is 0.159. The number of benzene rings is 2. The van der Waals surface area contributed by atoms with Crippen LogP contribution in [0.4, 0.5) is 5.69 Å². The molecule has 3 rings (SSSR count). The lowest BCUT2D eigenvalue weighted by Gasteiger charge is -2.08. The molecule has 0 aliphatic rings. The minimum atomic E-state index is -0.159. The van der Waals surface area contributed by atoms with E-state index >= 15 is 0 Å². The van der Waals surface area contributed by atoms with E-state index in [2.05, 4.69) is 22.1 Å². The first kappa shape index (κ1) is 16.0. The van der Waals surface area contributed by atoms with Gasteiger partial charge in [0.05, 0.1) is 15.2 Å². The van der Waals surface area contributed by atoms with Gasteiger partial charge in [-0.25, -0.2) is 4.98 Å². The van der Waals surface area contributed by atoms with Crippen LogP contribution in [0.3, 0.4) is 0 Å². The highest BCUT2D eigenvalue weighted by atomic mass is 32.1. The molecule has 0 aliphatic carbocycles. The summed E-state index contributed by atoms with van der Waals surface area (Å²) in [5, 5.41) is 3.88. The zero-order valence-electron chi connectivity index (χ0n) is 13.4. The maximum Gasteiger partial charge on any atom is 0.255 e. The number of anilines is 1. The highest BCUT2D eigenvalue weighted by Crippen LogP contribution is 2.23. The Morgan fingerprint density at radius 1 is 1.29 bits per heavy atom. The van der Waals surface area contributed by atoms with Crippen molar-refractivity contribution in [3.05, 3.63) is 53.0 Å². The summed E-state index contributed by atoms with van der Waals surface area (Å²) in [4.78, 5) is 16.9. The van der Waals surface area contributed by atoms with Crippen LogP contribution in [0.15, 0.2) is 42.5 Å². The molecule has 0 radical (unpaired) electrons. The van der Waals surface area contributed by atoms with E-state index in [0.717, 1.165) is 15.2 Å². The molecule has 0 bridgehead atoms. The normalized spacial score (nSPS) is 10.1. The first-order chi connectivity index (χ1) is 11.7. The highest BCUT2D eigenvalue weighted by Gasteiger charge is 2.09. The van der Waals surface area contributed by atoms with Gasteiger partial charge >= 0.3 is 0 Å². The molecule has 4 nitrogen and oxygen atoms in total. The Morgan fingerprint density at radius 3 is 3.00 bits per heavy atom. The van der Waals surface area contributed by atoms with Crippen molar-refractivity contribution < 1.29 is 9.53 Å². The minimum Gasteiger partial charge on any atom is -0.481 e. The molecule has 0 fully saturated rings. The number of aromatic nitrogens is 1. The molecule has 1 aromatic heterocycles. The quantitative estimate of drug-likeness (QED) is 0.724. The molecule has 0 unspecified atom stereocenters. The number of ether oxygens (including phenoxy) is 1. The van der Waals surface area contributed by atoms with E-state index in [1.807, 2.05) is 37.3 Å². The maximum atomic E-state index is 12.4. The molecule has 24 heavy (non-hydrogen) atoms. The van der Waals surface area contributed by atoms with Crippen LogP contribution in [-0.4, -0.2) is 17.5 Å². The Labute approximate surface area is 144 Å². The van der Waals surface area contributed by atoms with Crippen LogP contribution < -0.4 is 10.1 Å². The molecule has 1 N–H and O–H groups in total. The van der Waals surface area contributed by atoms with Gasteiger partial charge in [-0.05, 0) is 44.2 Å². The lowest BCUT2D eigenvalue weighted by atomic mass is 10.2. The average molecular weight is 336 g/mol. The summed E-state index contributed by atoms with van der Waals surface area (Å²) in [6.07, 6.45) is 0. The number of carbonyl (C=O) groups excluding carboxylic acids is 1. The van der Waals surface area contributed by atoms with Gasteiger partial charge in [-0.2, -0.15) is 0 Å². The third-order valence-corrected chi connectivity index (χ3v) is 4.27. The molecule has 0 atom stereocenters. The Bertz CT molecular complexity index is 951. The van der Waals surface area contributed by atoms with E-state index in [4.69, 9.17) is 4.74 Å². The second-order valence-electron chi connectivity index (χ2n) is 5.11. The average Bonchev–Trinajstić information content (AvgIpc) is 2.94. The van der Waals surface area contributed by atoms with Crippen molar-refractivity contribution in [2.75, 3.05) is 11.9 Å². The van der Waals surface area contributed by atoms with Crippen molar-refractivity contribution in [1.82, 2.24) is 4.98 Å². The van der Waals surface area contributed by atoms with Crippen molar-refractivity contribution in [3.8, 4) is 17.6 Å². The number of nitrogens with zero attached hydrogens (tertiary/aromatic N) is 1. The van der Waals surface area contributed by atoms with Crippen molar-refractivity contribution in [2.24, 2.45) is 0 Å². The largest absolute Gasteiger partial charge is 0.481 e. The molecule has 1 heterocycles. The zero-order chi connectivity index (χ0) is 16.9. The molecular formula is C19H16N2O2S. The van der Waals surface area contributed by atoms with Crippen molar-refractivity contribution in [3.63, 3.8) is 0 Å². The second kappa shape index (κ2) is 7.16. The van der Waals surface area contributed by atoms with Crippen molar-refractivity contribution in [2.45, 2.75) is 13.8 Å². The van der Waals surface area contributed by atoms with Crippen LogP contribution >= 0.6 is 11.3 Å². The summed E-state index contributed by atoms with van der Waals surface area (Å²) < 4.78 is 6.51. The van der Waals surface area contributed by atoms with Gasteiger partial charge in [0.1, 0.15) is 12.4 Å². The van der Waals surface area contributed by atoms with Crippen LogP contribution in [0, 0.1) is 18.8 Å². The number of hydrogen-bond acceptors (Lipinski definition) is 4. The number of rotatable bonds is 4. The van der Waals surface area contributed by atoms with Gasteiger partial charge < -0.3 is 10.1 Å². The Hall–Kier alpha value is -2.84. The van der Waals surface area contributed by atoms with Crippen LogP contribution in [0.5, 0.6) is 5.75 Å². The van der Waals surface area contributed by atoms with Crippen LogP contribution in [0.2, 0.25) is 0 Å². The molecule has 5 heteroatoms. The summed E-state index contributed by atoms with van der Waals surface area (Å²) >= 11 is 1.58. The second-order valence-corrected chi connectivity index (χ2v) is 6.35. The van der Waals surface area contributed by atoms with Crippen LogP contribution in [0.25, 0.3) is 10.2 Å². The molecule has 120 valence electrons. The Kier molecular flexibility index (Phi) is 4.78. The van der Waals surface area contributed by atoms with Gasteiger partial charge in [-0.15, -0.1) is 17.3 Å². The molecule has 0 saturated heterocycles. The molecule has 0 saturated carbocycles. The van der Waals surface area contributed by atoms with Gasteiger partial charge in [0.15, 0.2) is 0 Å². The van der Waals surface area contributed by atoms with Gasteiger partial charge in [0.2, 0.25) is 0 Å². The Balaban J connectivity index is 1.75. The first-order valence-electron chi connectivity index (χ1n) is 7.47. The van der Waals surface area contributed by atoms with Gasteiger partial charge in [0, 0.05) is 17.3 Å². The summed E-state index contributed by atoms with van der Waals surface area (Å²) in [5.41, 5.74) is 2.21. The summed E-state index contributed by atoms with van der Waals surface area (Å²) in [6, 6.07) is 12.8. The number of aryl methyl sites for hydroxylation is 1. The van der Waals surface area contributed by atoms with Crippen LogP contribution in [0.1, 0.15) is 22.3 Å². The standard InChI is InChI=1S/C19H16N2O2S/c1-3-4-10-23-16-7-5-6-15(12-16)21-19(22)14-8-9-17-18(11-14)24-13(2)20-17/h5-9,11-12H,10H2,1-2H3,(H,21,22). The van der Waals surface area contributed by atoms with E-state index in [1.54, 1.807) is 30.4 Å². The van der Waals surface area contributed by atoms with Gasteiger partial charge in [-0.1, -0.05) is 12.0 Å². The summed E-state index contributed by atoms with van der Waals surface area (Å²) in [7, 11) is 0. The first-order valence-corrected chi connectivity index (χ1v) is 8.28. The third kappa shape index (κ3) is 3.73. The number of carbonyl (C=O) groups is 1. The summed E-state index contributed by atoms with van der Waals surface area (Å²) in [5.74, 6) is 6.12. The van der Waals surface area contributed by atoms with E-state index in [1.165, 1.54) is 0 Å². The fourth-order valence-corrected chi connectivity index (χ4v) is 3.11. The number of amides is 1. The molecule has 1 amide bonds. The molecule has 0 aliphatic heterocycles. The topological polar surface area (TPSA) is 51.2 Å². The van der Waals surface area contributed by atoms with Gasteiger partial charge in [-0.3, -0.25) is 4.79 Å². The van der Waals surface area contributed by atoms with Crippen molar-refractivity contribution >= 4 is 33.1 Å². The number of thiazole rings is 1. The number of hydrogen-bond donors (Lipinski definition) is 1. The zero-order valence-corrected chi connectivity index (χ0v) is 14.2. The van der Waals surface area contributed by atoms with E-state index in [0.29, 0.717) is 23.6 Å². The SMILES string of the molecule is CC#CCOc1cccc(NC(=O)c2ccc3nc(C)sc3c2)c1. The van der Waals surface area contributed by atoms with Crippen LogP contribution in [-0.2, 0) is 0 Å². The monoisotopic (exact) mass is 336 g/mol.